The Morgan fingerprint density at radius 1 is 1.56 bits per heavy atom. The highest BCUT2D eigenvalue weighted by atomic mass is 31.0. The number of hydrogen-bond donors (Lipinski definition) is 1. The molecule has 0 spiro atoms. The maximum absolute atomic E-state index is 3.93. The van der Waals surface area contributed by atoms with Crippen molar-refractivity contribution in [1.82, 2.24) is 9.97 Å². The largest absolute Gasteiger partial charge is 0.354 e. The average Bonchev–Trinajstić information content (AvgIpc) is 1.88. The molecule has 0 fully saturated rings. The summed E-state index contributed by atoms with van der Waals surface area (Å²) in [7, 11) is 2.38. The van der Waals surface area contributed by atoms with Crippen molar-refractivity contribution >= 4 is 15.2 Å². The fourth-order valence-corrected chi connectivity index (χ4v) is 0.691. The minimum absolute atomic E-state index is 0.826. The second-order valence-corrected chi connectivity index (χ2v) is 1.98. The number of rotatable bonds is 1. The lowest BCUT2D eigenvalue weighted by molar-refractivity contribution is 1.11. The monoisotopic (exact) mass is 141 g/mol. The summed E-state index contributed by atoms with van der Waals surface area (Å²) < 4.78 is 0. The van der Waals surface area contributed by atoms with Crippen molar-refractivity contribution in [3.05, 3.63) is 18.1 Å². The van der Waals surface area contributed by atoms with Gasteiger partial charge >= 0.3 is 0 Å². The van der Waals surface area contributed by atoms with E-state index in [0.29, 0.717) is 0 Å². The van der Waals surface area contributed by atoms with Gasteiger partial charge in [0.15, 0.2) is 0 Å². The lowest BCUT2D eigenvalue weighted by atomic mass is 10.4. The lowest BCUT2D eigenvalue weighted by Crippen LogP contribution is -1.87. The quantitative estimate of drug-likeness (QED) is 0.592. The van der Waals surface area contributed by atoms with Crippen molar-refractivity contribution in [2.24, 2.45) is 0 Å². The van der Waals surface area contributed by atoms with Crippen LogP contribution >= 0.6 is 9.39 Å². The topological polar surface area (TPSA) is 37.8 Å². The van der Waals surface area contributed by atoms with Crippen molar-refractivity contribution in [1.29, 1.82) is 0 Å². The molecule has 0 saturated carbocycles. The smallest absolute Gasteiger partial charge is 0.132 e. The molecule has 0 aliphatic heterocycles. The van der Waals surface area contributed by atoms with Gasteiger partial charge in [0.2, 0.25) is 0 Å². The molecule has 4 heteroatoms. The van der Waals surface area contributed by atoms with Crippen LogP contribution in [-0.4, -0.2) is 9.97 Å². The van der Waals surface area contributed by atoms with E-state index < -0.39 is 0 Å². The summed E-state index contributed by atoms with van der Waals surface area (Å²) >= 11 is 0. The van der Waals surface area contributed by atoms with Gasteiger partial charge in [0.1, 0.15) is 12.1 Å². The minimum atomic E-state index is 0.826. The van der Waals surface area contributed by atoms with Crippen LogP contribution in [0.1, 0.15) is 5.69 Å². The Bertz CT molecular complexity index is 201. The summed E-state index contributed by atoms with van der Waals surface area (Å²) in [6, 6.07) is 1.87. The Morgan fingerprint density at radius 2 is 2.33 bits per heavy atom. The Labute approximate surface area is 56.2 Å². The number of anilines is 1. The lowest BCUT2D eigenvalue weighted by Gasteiger charge is -1.96. The van der Waals surface area contributed by atoms with E-state index in [4.69, 9.17) is 0 Å². The predicted octanol–water partition coefficient (Wildman–Crippen LogP) is 0.987. The third-order valence-electron chi connectivity index (χ3n) is 0.952. The number of aryl methyl sites for hydroxylation is 1. The first-order chi connectivity index (χ1) is 4.33. The van der Waals surface area contributed by atoms with Gasteiger partial charge in [-0.3, -0.25) is 0 Å². The van der Waals surface area contributed by atoms with Crippen molar-refractivity contribution in [2.75, 3.05) is 5.09 Å². The van der Waals surface area contributed by atoms with Crippen LogP contribution in [0.15, 0.2) is 12.4 Å². The highest BCUT2D eigenvalue weighted by Crippen LogP contribution is 2.03. The normalized spacial score (nSPS) is 9.11. The van der Waals surface area contributed by atoms with Crippen molar-refractivity contribution in [2.45, 2.75) is 6.92 Å². The second kappa shape index (κ2) is 2.74. The van der Waals surface area contributed by atoms with Crippen LogP contribution in [0, 0.1) is 6.92 Å². The van der Waals surface area contributed by atoms with Gasteiger partial charge in [-0.05, 0) is 16.3 Å². The van der Waals surface area contributed by atoms with Gasteiger partial charge in [-0.25, -0.2) is 9.97 Å². The van der Waals surface area contributed by atoms with Gasteiger partial charge < -0.3 is 5.09 Å². The van der Waals surface area contributed by atoms with Crippen LogP contribution in [0.5, 0.6) is 0 Å². The molecule has 1 N–H and O–H groups in total. The van der Waals surface area contributed by atoms with Crippen LogP contribution in [0.3, 0.4) is 0 Å². The molecule has 0 bridgehead atoms. The molecule has 0 aromatic carbocycles. The van der Waals surface area contributed by atoms with Crippen LogP contribution in [0.4, 0.5) is 5.82 Å². The Hall–Kier alpha value is -0.690. The zero-order valence-corrected chi connectivity index (χ0v) is 6.28. The molecule has 1 atom stereocenters. The fourth-order valence-electron chi connectivity index (χ4n) is 0.533. The molecular weight excluding hydrogens is 133 g/mol. The third-order valence-corrected chi connectivity index (χ3v) is 1.25. The summed E-state index contributed by atoms with van der Waals surface area (Å²) in [5.41, 5.74) is 0.968. The first-order valence-corrected chi connectivity index (χ1v) is 3.16. The van der Waals surface area contributed by atoms with Gasteiger partial charge in [-0.1, -0.05) is 0 Å². The van der Waals surface area contributed by atoms with Crippen LogP contribution in [0.25, 0.3) is 0 Å². The Kier molecular flexibility index (Phi) is 1.96. The van der Waals surface area contributed by atoms with Gasteiger partial charge in [0.05, 0.1) is 0 Å². The van der Waals surface area contributed by atoms with Crippen molar-refractivity contribution in [3.63, 3.8) is 0 Å². The fraction of sp³-hybridized carbons (Fsp3) is 0.200. The molecule has 3 nitrogen and oxygen atoms in total. The molecule has 0 aliphatic rings. The standard InChI is InChI=1S/C5H8N3P/c1-4-2-5(8-9)7-3-6-4/h2-3H,9H2,1H3,(H,6,7,8). The summed E-state index contributed by atoms with van der Waals surface area (Å²) in [5, 5.41) is 2.83. The van der Waals surface area contributed by atoms with Gasteiger partial charge in [0.25, 0.3) is 0 Å². The van der Waals surface area contributed by atoms with E-state index in [1.165, 1.54) is 6.33 Å². The van der Waals surface area contributed by atoms with Crippen molar-refractivity contribution < 1.29 is 0 Å². The van der Waals surface area contributed by atoms with E-state index in [0.717, 1.165) is 11.5 Å². The van der Waals surface area contributed by atoms with E-state index >= 15 is 0 Å². The summed E-state index contributed by atoms with van der Waals surface area (Å²) in [6.07, 6.45) is 1.53. The maximum Gasteiger partial charge on any atom is 0.132 e. The first kappa shape index (κ1) is 6.43. The average molecular weight is 141 g/mol. The molecular formula is C5H8N3P. The molecule has 9 heavy (non-hydrogen) atoms. The van der Waals surface area contributed by atoms with E-state index in [-0.39, 0.29) is 0 Å². The SMILES string of the molecule is Cc1cc(NP)ncn1. The van der Waals surface area contributed by atoms with Gasteiger partial charge in [0, 0.05) is 11.8 Å². The zero-order valence-electron chi connectivity index (χ0n) is 5.13. The third kappa shape index (κ3) is 1.61. The molecule has 1 aromatic rings. The summed E-state index contributed by atoms with van der Waals surface area (Å²) in [6.45, 7) is 1.92. The molecule has 0 aliphatic carbocycles. The van der Waals surface area contributed by atoms with Crippen LogP contribution < -0.4 is 5.09 Å². The maximum atomic E-state index is 3.93. The molecule has 1 rings (SSSR count). The van der Waals surface area contributed by atoms with Gasteiger partial charge in [-0.2, -0.15) is 0 Å². The molecule has 48 valence electrons. The second-order valence-electron chi connectivity index (χ2n) is 1.69. The summed E-state index contributed by atoms with van der Waals surface area (Å²) in [5.74, 6) is 0.826. The Balaban J connectivity index is 2.94. The predicted molar refractivity (Wildman–Crippen MR) is 40.1 cm³/mol. The molecule has 0 amide bonds. The number of hydrogen-bond acceptors (Lipinski definition) is 3. The molecule has 1 unspecified atom stereocenters. The van der Waals surface area contributed by atoms with Crippen LogP contribution in [-0.2, 0) is 0 Å². The van der Waals surface area contributed by atoms with E-state index in [1.54, 1.807) is 0 Å². The van der Waals surface area contributed by atoms with Gasteiger partial charge in [-0.15, -0.1) is 0 Å². The molecule has 0 radical (unpaired) electrons. The molecule has 0 saturated heterocycles. The van der Waals surface area contributed by atoms with E-state index in [1.807, 2.05) is 13.0 Å². The molecule has 1 heterocycles. The number of nitrogens with zero attached hydrogens (tertiary/aromatic N) is 2. The van der Waals surface area contributed by atoms with Crippen LogP contribution in [0.2, 0.25) is 0 Å². The zero-order chi connectivity index (χ0) is 6.69. The Morgan fingerprint density at radius 3 is 2.78 bits per heavy atom. The highest BCUT2D eigenvalue weighted by molar-refractivity contribution is 7.18. The van der Waals surface area contributed by atoms with E-state index in [9.17, 15) is 0 Å². The number of aromatic nitrogens is 2. The van der Waals surface area contributed by atoms with Crippen molar-refractivity contribution in [3.8, 4) is 0 Å². The number of nitrogens with one attached hydrogen (secondary N) is 1. The van der Waals surface area contributed by atoms with E-state index in [2.05, 4.69) is 24.4 Å². The minimum Gasteiger partial charge on any atom is -0.354 e. The summed E-state index contributed by atoms with van der Waals surface area (Å²) in [4.78, 5) is 7.84. The molecule has 1 aromatic heterocycles. The highest BCUT2D eigenvalue weighted by Gasteiger charge is 1.87. The first-order valence-electron chi connectivity index (χ1n) is 2.58.